The molecule has 0 spiro atoms. The minimum Gasteiger partial charge on any atom is -0.389 e. The average Bonchev–Trinajstić information content (AvgIpc) is 3.16. The summed E-state index contributed by atoms with van der Waals surface area (Å²) in [5.41, 5.74) is 8.47. The number of pyridine rings is 1. The number of nitrogens with zero attached hydrogens (tertiary/aromatic N) is 3. The lowest BCUT2D eigenvalue weighted by atomic mass is 9.87. The van der Waals surface area contributed by atoms with Crippen LogP contribution in [0.2, 0.25) is 0 Å². The highest BCUT2D eigenvalue weighted by molar-refractivity contribution is 5.92. The number of aliphatic hydroxyl groups excluding tert-OH is 1. The zero-order valence-electron chi connectivity index (χ0n) is 20.8. The first-order valence-electron chi connectivity index (χ1n) is 12.6. The number of hydrogen-bond donors (Lipinski definition) is 2. The number of carbonyl (C=O) groups is 1. The van der Waals surface area contributed by atoms with Crippen LogP contribution in [-0.2, 0) is 4.79 Å². The van der Waals surface area contributed by atoms with Gasteiger partial charge in [-0.25, -0.2) is 0 Å². The highest BCUT2D eigenvalue weighted by Crippen LogP contribution is 2.38. The number of benzene rings is 1. The molecular weight excluding hydrogens is 424 g/mol. The third kappa shape index (κ3) is 4.49. The minimum atomic E-state index is -0.333. The molecular formula is C28H36N4O2. The van der Waals surface area contributed by atoms with Gasteiger partial charge in [0.05, 0.1) is 18.3 Å². The third-order valence-electron chi connectivity index (χ3n) is 7.44. The smallest absolute Gasteiger partial charge is 0.236 e. The van der Waals surface area contributed by atoms with Crippen molar-refractivity contribution in [2.75, 3.05) is 32.7 Å². The average molecular weight is 461 g/mol. The molecule has 6 heteroatoms. The van der Waals surface area contributed by atoms with Crippen LogP contribution in [-0.4, -0.2) is 69.6 Å². The first kappa shape index (κ1) is 23.1. The zero-order chi connectivity index (χ0) is 24.0. The summed E-state index contributed by atoms with van der Waals surface area (Å²) >= 11 is 0. The van der Waals surface area contributed by atoms with Gasteiger partial charge in [-0.15, -0.1) is 0 Å². The Labute approximate surface area is 202 Å². The van der Waals surface area contributed by atoms with E-state index in [-0.39, 0.29) is 12.0 Å². The molecule has 2 N–H and O–H groups in total. The molecule has 2 fully saturated rings. The molecule has 0 atom stereocenters. The number of carbonyl (C=O) groups excluding carboxylic acids is 1. The van der Waals surface area contributed by atoms with Crippen LogP contribution in [0.5, 0.6) is 0 Å². The fourth-order valence-corrected chi connectivity index (χ4v) is 5.67. The van der Waals surface area contributed by atoms with Gasteiger partial charge < -0.3 is 15.0 Å². The number of aromatic amines is 1. The minimum absolute atomic E-state index is 0.146. The second kappa shape index (κ2) is 9.16. The lowest BCUT2D eigenvalue weighted by molar-refractivity contribution is -0.142. The van der Waals surface area contributed by atoms with Gasteiger partial charge in [0, 0.05) is 40.9 Å². The number of aromatic nitrogens is 2. The summed E-state index contributed by atoms with van der Waals surface area (Å²) in [6, 6.07) is 11.3. The highest BCUT2D eigenvalue weighted by atomic mass is 16.3. The Bertz CT molecular complexity index is 1180. The summed E-state index contributed by atoms with van der Waals surface area (Å²) in [5.74, 6) is 1.07. The van der Waals surface area contributed by atoms with Crippen LogP contribution in [0.3, 0.4) is 0 Å². The quantitative estimate of drug-likeness (QED) is 0.594. The van der Waals surface area contributed by atoms with E-state index in [4.69, 9.17) is 0 Å². The van der Waals surface area contributed by atoms with Crippen molar-refractivity contribution in [3.8, 4) is 11.3 Å². The van der Waals surface area contributed by atoms with E-state index in [2.05, 4.69) is 72.9 Å². The van der Waals surface area contributed by atoms with Gasteiger partial charge in [0.2, 0.25) is 5.91 Å². The van der Waals surface area contributed by atoms with Crippen LogP contribution in [0.15, 0.2) is 30.3 Å². The fraction of sp³-hybridized carbons (Fsp3) is 0.500. The Balaban J connectivity index is 1.35. The van der Waals surface area contributed by atoms with Crippen LogP contribution in [0.4, 0.5) is 0 Å². The van der Waals surface area contributed by atoms with Gasteiger partial charge >= 0.3 is 0 Å². The number of fused-ring (bicyclic) bond motifs is 1. The fourth-order valence-electron chi connectivity index (χ4n) is 5.67. The number of nitrogens with one attached hydrogen (secondary N) is 1. The van der Waals surface area contributed by atoms with Crippen molar-refractivity contribution in [1.82, 2.24) is 19.8 Å². The summed E-state index contributed by atoms with van der Waals surface area (Å²) in [7, 11) is 0. The van der Waals surface area contributed by atoms with Crippen molar-refractivity contribution in [3.05, 3.63) is 52.8 Å². The first-order chi connectivity index (χ1) is 16.3. The maximum atomic E-state index is 12.4. The molecule has 0 radical (unpaired) electrons. The number of H-pyrrole nitrogens is 1. The number of aliphatic hydroxyl groups is 1. The van der Waals surface area contributed by atoms with Crippen molar-refractivity contribution in [2.24, 2.45) is 0 Å². The molecule has 6 nitrogen and oxygen atoms in total. The number of amides is 1. The van der Waals surface area contributed by atoms with E-state index in [1.807, 2.05) is 0 Å². The molecule has 2 aliphatic rings. The number of rotatable bonds is 5. The van der Waals surface area contributed by atoms with Crippen molar-refractivity contribution in [3.63, 3.8) is 0 Å². The lowest BCUT2D eigenvalue weighted by Crippen LogP contribution is -2.56. The number of likely N-dealkylation sites (tertiary alicyclic amines) is 2. The van der Waals surface area contributed by atoms with Crippen LogP contribution < -0.4 is 0 Å². The van der Waals surface area contributed by atoms with E-state index in [9.17, 15) is 9.90 Å². The molecule has 2 saturated heterocycles. The molecule has 0 unspecified atom stereocenters. The Morgan fingerprint density at radius 1 is 1.12 bits per heavy atom. The summed E-state index contributed by atoms with van der Waals surface area (Å²) < 4.78 is 0. The molecule has 3 aromatic rings. The summed E-state index contributed by atoms with van der Waals surface area (Å²) in [5, 5.41) is 10.8. The van der Waals surface area contributed by atoms with E-state index < -0.39 is 0 Å². The molecule has 5 rings (SSSR count). The van der Waals surface area contributed by atoms with Gasteiger partial charge in [0.15, 0.2) is 0 Å². The second-order valence-corrected chi connectivity index (χ2v) is 10.5. The van der Waals surface area contributed by atoms with Crippen LogP contribution in [0, 0.1) is 13.8 Å². The van der Waals surface area contributed by atoms with E-state index in [1.165, 1.54) is 33.3 Å². The molecule has 4 heterocycles. The number of piperidine rings is 1. The zero-order valence-corrected chi connectivity index (χ0v) is 20.8. The van der Waals surface area contributed by atoms with E-state index >= 15 is 0 Å². The first-order valence-corrected chi connectivity index (χ1v) is 12.6. The molecule has 0 saturated carbocycles. The molecule has 0 bridgehead atoms. The topological polar surface area (TPSA) is 72.5 Å². The van der Waals surface area contributed by atoms with Crippen molar-refractivity contribution < 1.29 is 9.90 Å². The number of aryl methyl sites for hydroxylation is 2. The van der Waals surface area contributed by atoms with Gasteiger partial charge in [0.1, 0.15) is 0 Å². The molecule has 1 amide bonds. The van der Waals surface area contributed by atoms with Crippen molar-refractivity contribution >= 4 is 16.8 Å². The van der Waals surface area contributed by atoms with Gasteiger partial charge in [-0.05, 0) is 87.0 Å². The Morgan fingerprint density at radius 2 is 1.79 bits per heavy atom. The molecule has 180 valence electrons. The van der Waals surface area contributed by atoms with Crippen LogP contribution >= 0.6 is 0 Å². The van der Waals surface area contributed by atoms with E-state index in [0.29, 0.717) is 31.5 Å². The van der Waals surface area contributed by atoms with Gasteiger partial charge in [0.25, 0.3) is 0 Å². The van der Waals surface area contributed by atoms with Gasteiger partial charge in [-0.1, -0.05) is 19.9 Å². The van der Waals surface area contributed by atoms with Gasteiger partial charge in [-0.2, -0.15) is 0 Å². The van der Waals surface area contributed by atoms with Crippen LogP contribution in [0.1, 0.15) is 61.0 Å². The Hall–Kier alpha value is -2.70. The predicted molar refractivity (Wildman–Crippen MR) is 136 cm³/mol. The number of β-amino-alcohol motifs (C(OH)–C–C–N with tert-alkyl or cyclic N) is 1. The molecule has 34 heavy (non-hydrogen) atoms. The Kier molecular flexibility index (Phi) is 6.21. The van der Waals surface area contributed by atoms with E-state index in [0.717, 1.165) is 37.3 Å². The normalized spacial score (nSPS) is 18.1. The Morgan fingerprint density at radius 3 is 2.41 bits per heavy atom. The highest BCUT2D eigenvalue weighted by Gasteiger charge is 2.31. The molecule has 0 aliphatic carbocycles. The molecule has 1 aromatic carbocycles. The number of hydrogen-bond acceptors (Lipinski definition) is 4. The molecule has 2 aliphatic heterocycles. The maximum absolute atomic E-state index is 12.4. The van der Waals surface area contributed by atoms with Gasteiger partial charge in [-0.3, -0.25) is 14.7 Å². The molecule has 2 aromatic heterocycles. The summed E-state index contributed by atoms with van der Waals surface area (Å²) in [6.45, 7) is 12.0. The second-order valence-electron chi connectivity index (χ2n) is 10.5. The summed E-state index contributed by atoms with van der Waals surface area (Å²) in [6.07, 6.45) is 1.80. The van der Waals surface area contributed by atoms with E-state index in [1.54, 1.807) is 4.90 Å². The largest absolute Gasteiger partial charge is 0.389 e. The van der Waals surface area contributed by atoms with Crippen molar-refractivity contribution in [2.45, 2.75) is 58.5 Å². The standard InChI is InChI=1S/C28H36N4O2/c1-17(2)27-24-13-21(5-6-25(24)30-28(27)22-11-18(3)29-19(4)12-22)20-7-9-31(10-8-20)16-26(34)32-14-23(33)15-32/h5-6,11-13,17,20,23,30,33H,7-10,14-16H2,1-4H3. The van der Waals surface area contributed by atoms with Crippen molar-refractivity contribution in [1.29, 1.82) is 0 Å². The predicted octanol–water partition coefficient (Wildman–Crippen LogP) is 4.35. The monoisotopic (exact) mass is 460 g/mol. The lowest BCUT2D eigenvalue weighted by Gasteiger charge is -2.38. The summed E-state index contributed by atoms with van der Waals surface area (Å²) in [4.78, 5) is 24.7. The maximum Gasteiger partial charge on any atom is 0.236 e. The van der Waals surface area contributed by atoms with Crippen LogP contribution in [0.25, 0.3) is 22.2 Å². The third-order valence-corrected chi connectivity index (χ3v) is 7.44. The SMILES string of the molecule is Cc1cc(-c2[nH]c3ccc(C4CCN(CC(=O)N5CC(O)C5)CC4)cc3c2C(C)C)cc(C)n1.